The lowest BCUT2D eigenvalue weighted by atomic mass is 9.81. The highest BCUT2D eigenvalue weighted by Crippen LogP contribution is 2.33. The van der Waals surface area contributed by atoms with Crippen LogP contribution in [-0.4, -0.2) is 5.78 Å². The number of hydrogen-bond acceptors (Lipinski definition) is 1. The average Bonchev–Trinajstić information content (AvgIpc) is 2.58. The summed E-state index contributed by atoms with van der Waals surface area (Å²) in [7, 11) is 0. The van der Waals surface area contributed by atoms with Crippen molar-refractivity contribution in [3.63, 3.8) is 0 Å². The van der Waals surface area contributed by atoms with E-state index in [4.69, 9.17) is 0 Å². The smallest absolute Gasteiger partial charge is 0.185 e. The van der Waals surface area contributed by atoms with Gasteiger partial charge in [-0.1, -0.05) is 19.1 Å². The standard InChI is InChI=1S/C21H16Br2F2O/c1-12-6-15(8-13-2-4-19(24)17(22)10-13)21(26)16(7-12)9-14-3-5-20(25)18(23)11-14/h2-5,8-12H,6-7H2,1H3/b15-8+,16-9+. The van der Waals surface area contributed by atoms with Gasteiger partial charge in [-0.15, -0.1) is 0 Å². The monoisotopic (exact) mass is 480 g/mol. The highest BCUT2D eigenvalue weighted by Gasteiger charge is 2.25. The number of Topliss-reactive ketones (excluding diaryl/α,β-unsaturated/α-hetero) is 1. The molecule has 0 atom stereocenters. The molecule has 1 aliphatic carbocycles. The fraction of sp³-hybridized carbons (Fsp3) is 0.190. The molecule has 1 fully saturated rings. The van der Waals surface area contributed by atoms with Crippen molar-refractivity contribution < 1.29 is 13.6 Å². The lowest BCUT2D eigenvalue weighted by molar-refractivity contribution is -0.113. The minimum atomic E-state index is -0.335. The van der Waals surface area contributed by atoms with E-state index in [0.29, 0.717) is 38.9 Å². The summed E-state index contributed by atoms with van der Waals surface area (Å²) in [4.78, 5) is 12.9. The number of carbonyl (C=O) groups excluding carboxylic acids is 1. The molecule has 0 heterocycles. The molecule has 3 rings (SSSR count). The Morgan fingerprint density at radius 3 is 1.69 bits per heavy atom. The van der Waals surface area contributed by atoms with Crippen molar-refractivity contribution in [2.45, 2.75) is 19.8 Å². The number of benzene rings is 2. The van der Waals surface area contributed by atoms with Gasteiger partial charge in [0.05, 0.1) is 8.95 Å². The molecule has 26 heavy (non-hydrogen) atoms. The molecule has 5 heteroatoms. The van der Waals surface area contributed by atoms with E-state index >= 15 is 0 Å². The van der Waals surface area contributed by atoms with Crippen LogP contribution in [0.2, 0.25) is 0 Å². The second-order valence-electron chi connectivity index (χ2n) is 6.53. The molecule has 0 aromatic heterocycles. The van der Waals surface area contributed by atoms with Crippen LogP contribution in [0.3, 0.4) is 0 Å². The molecule has 0 N–H and O–H groups in total. The summed E-state index contributed by atoms with van der Waals surface area (Å²) in [5.74, 6) is -0.363. The number of allylic oxidation sites excluding steroid dienone is 2. The number of hydrogen-bond donors (Lipinski definition) is 0. The van der Waals surface area contributed by atoms with Crippen LogP contribution in [0.5, 0.6) is 0 Å². The molecule has 0 bridgehead atoms. The van der Waals surface area contributed by atoms with E-state index in [0.717, 1.165) is 11.1 Å². The van der Waals surface area contributed by atoms with E-state index in [2.05, 4.69) is 38.8 Å². The Labute approximate surface area is 168 Å². The van der Waals surface area contributed by atoms with Gasteiger partial charge in [0.25, 0.3) is 0 Å². The third-order valence-corrected chi connectivity index (χ3v) is 5.50. The van der Waals surface area contributed by atoms with Crippen LogP contribution in [0.15, 0.2) is 56.5 Å². The first-order valence-corrected chi connectivity index (χ1v) is 9.78. The zero-order chi connectivity index (χ0) is 18.8. The molecule has 0 aliphatic heterocycles. The Bertz CT molecular complexity index is 858. The van der Waals surface area contributed by atoms with Gasteiger partial charge in [-0.25, -0.2) is 8.78 Å². The topological polar surface area (TPSA) is 17.1 Å². The molecule has 134 valence electrons. The predicted molar refractivity (Wildman–Crippen MR) is 108 cm³/mol. The second kappa shape index (κ2) is 7.97. The lowest BCUT2D eigenvalue weighted by Gasteiger charge is -2.22. The zero-order valence-corrected chi connectivity index (χ0v) is 17.2. The van der Waals surface area contributed by atoms with Gasteiger partial charge in [0.1, 0.15) is 11.6 Å². The molecule has 0 spiro atoms. The van der Waals surface area contributed by atoms with Gasteiger partial charge in [0.2, 0.25) is 0 Å². The fourth-order valence-electron chi connectivity index (χ4n) is 3.07. The van der Waals surface area contributed by atoms with E-state index in [1.54, 1.807) is 24.3 Å². The minimum Gasteiger partial charge on any atom is -0.289 e. The molecular weight excluding hydrogens is 466 g/mol. The number of halogens is 4. The maximum absolute atomic E-state index is 13.4. The molecule has 2 aromatic rings. The third kappa shape index (κ3) is 4.38. The number of rotatable bonds is 2. The van der Waals surface area contributed by atoms with Crippen LogP contribution in [0.25, 0.3) is 12.2 Å². The Kier molecular flexibility index (Phi) is 5.88. The first-order chi connectivity index (χ1) is 12.3. The highest BCUT2D eigenvalue weighted by atomic mass is 79.9. The molecule has 0 saturated heterocycles. The molecular formula is C21H16Br2F2O. The summed E-state index contributed by atoms with van der Waals surface area (Å²) in [6, 6.07) is 9.38. The maximum Gasteiger partial charge on any atom is 0.185 e. The normalized spacial score (nSPS) is 20.8. The van der Waals surface area contributed by atoms with Crippen LogP contribution in [-0.2, 0) is 4.79 Å². The van der Waals surface area contributed by atoms with Gasteiger partial charge >= 0.3 is 0 Å². The van der Waals surface area contributed by atoms with E-state index in [1.807, 2.05) is 12.2 Å². The first-order valence-electron chi connectivity index (χ1n) is 8.19. The van der Waals surface area contributed by atoms with Crippen LogP contribution >= 0.6 is 31.9 Å². The van der Waals surface area contributed by atoms with Crippen molar-refractivity contribution in [1.82, 2.24) is 0 Å². The first kappa shape index (κ1) is 19.2. The molecule has 1 nitrogen and oxygen atoms in total. The quantitative estimate of drug-likeness (QED) is 0.424. The Balaban J connectivity index is 1.94. The average molecular weight is 482 g/mol. The molecule has 1 saturated carbocycles. The predicted octanol–water partition coefficient (Wildman–Crippen LogP) is 6.96. The van der Waals surface area contributed by atoms with Crippen LogP contribution in [0.1, 0.15) is 30.9 Å². The van der Waals surface area contributed by atoms with Gasteiger partial charge in [-0.2, -0.15) is 0 Å². The van der Waals surface area contributed by atoms with Gasteiger partial charge < -0.3 is 0 Å². The highest BCUT2D eigenvalue weighted by molar-refractivity contribution is 9.10. The largest absolute Gasteiger partial charge is 0.289 e. The zero-order valence-electron chi connectivity index (χ0n) is 14.0. The third-order valence-electron chi connectivity index (χ3n) is 4.29. The van der Waals surface area contributed by atoms with E-state index < -0.39 is 0 Å². The van der Waals surface area contributed by atoms with Gasteiger partial charge in [-0.3, -0.25) is 4.79 Å². The van der Waals surface area contributed by atoms with E-state index in [9.17, 15) is 13.6 Å². The van der Waals surface area contributed by atoms with Crippen molar-refractivity contribution in [1.29, 1.82) is 0 Å². The molecule has 0 radical (unpaired) electrons. The summed E-state index contributed by atoms with van der Waals surface area (Å²) in [5.41, 5.74) is 2.96. The summed E-state index contributed by atoms with van der Waals surface area (Å²) >= 11 is 6.34. The Morgan fingerprint density at radius 2 is 1.31 bits per heavy atom. The Morgan fingerprint density at radius 1 is 0.885 bits per heavy atom. The molecule has 2 aromatic carbocycles. The SMILES string of the molecule is CC1C/C(=C\c2ccc(F)c(Br)c2)C(=O)/C(=C/c2ccc(F)c(Br)c2)C1. The summed E-state index contributed by atoms with van der Waals surface area (Å²) < 4.78 is 27.6. The van der Waals surface area contributed by atoms with Crippen LogP contribution in [0.4, 0.5) is 8.78 Å². The van der Waals surface area contributed by atoms with Crippen molar-refractivity contribution in [3.8, 4) is 0 Å². The van der Waals surface area contributed by atoms with Crippen molar-refractivity contribution in [2.75, 3.05) is 0 Å². The van der Waals surface area contributed by atoms with Gasteiger partial charge in [0.15, 0.2) is 5.78 Å². The van der Waals surface area contributed by atoms with Crippen LogP contribution < -0.4 is 0 Å². The van der Waals surface area contributed by atoms with Crippen molar-refractivity contribution in [3.05, 3.63) is 79.3 Å². The fourth-order valence-corrected chi connectivity index (χ4v) is 3.86. The summed E-state index contributed by atoms with van der Waals surface area (Å²) in [6.07, 6.45) is 4.99. The second-order valence-corrected chi connectivity index (χ2v) is 8.24. The lowest BCUT2D eigenvalue weighted by Crippen LogP contribution is -2.18. The van der Waals surface area contributed by atoms with E-state index in [-0.39, 0.29) is 17.4 Å². The van der Waals surface area contributed by atoms with Gasteiger partial charge in [-0.05, 0) is 98.2 Å². The summed E-state index contributed by atoms with van der Waals surface area (Å²) in [6.45, 7) is 2.09. The van der Waals surface area contributed by atoms with E-state index in [1.165, 1.54) is 12.1 Å². The summed E-state index contributed by atoms with van der Waals surface area (Å²) in [5, 5.41) is 0. The van der Waals surface area contributed by atoms with Crippen LogP contribution in [0, 0.1) is 17.6 Å². The maximum atomic E-state index is 13.4. The minimum absolute atomic E-state index is 0.0102. The number of ketones is 1. The molecule has 0 amide bonds. The van der Waals surface area contributed by atoms with Crippen molar-refractivity contribution in [2.24, 2.45) is 5.92 Å². The van der Waals surface area contributed by atoms with Crippen molar-refractivity contribution >= 4 is 49.8 Å². The molecule has 0 unspecified atom stereocenters. The van der Waals surface area contributed by atoms with Gasteiger partial charge in [0, 0.05) is 11.1 Å². The molecule has 1 aliphatic rings. The number of carbonyl (C=O) groups is 1. The Hall–Kier alpha value is -1.59.